The van der Waals surface area contributed by atoms with E-state index in [0.29, 0.717) is 34.7 Å². The second-order valence-electron chi connectivity index (χ2n) is 8.59. The molecule has 13 heteroatoms. The van der Waals surface area contributed by atoms with Gasteiger partial charge in [0, 0.05) is 24.5 Å². The number of thioether (sulfide) groups is 1. The minimum atomic E-state index is -0.578. The Balaban J connectivity index is 1.39. The smallest absolute Gasteiger partial charge is 0.344 e. The number of amides is 3. The van der Waals surface area contributed by atoms with Crippen molar-refractivity contribution in [3.05, 3.63) is 51.3 Å². The molecule has 11 nitrogen and oxygen atoms in total. The number of methoxy groups -OCH3 is 1. The molecule has 2 heterocycles. The third-order valence-corrected chi connectivity index (χ3v) is 7.39. The summed E-state index contributed by atoms with van der Waals surface area (Å²) in [6.45, 7) is 4.16. The van der Waals surface area contributed by atoms with E-state index in [2.05, 4.69) is 26.1 Å². The van der Waals surface area contributed by atoms with E-state index in [4.69, 9.17) is 18.9 Å². The lowest BCUT2D eigenvalue weighted by Gasteiger charge is -2.28. The number of hydrogen-bond acceptors (Lipinski definition) is 10. The molecule has 0 saturated carbocycles. The lowest BCUT2D eigenvalue weighted by atomic mass is 10.2. The van der Waals surface area contributed by atoms with Crippen molar-refractivity contribution < 1.29 is 38.1 Å². The zero-order valence-corrected chi connectivity index (χ0v) is 24.3. The fraction of sp³-hybridized carbons (Fsp3) is 0.333. The van der Waals surface area contributed by atoms with Gasteiger partial charge in [-0.25, -0.2) is 4.79 Å². The van der Waals surface area contributed by atoms with Crippen molar-refractivity contribution in [3.63, 3.8) is 0 Å². The van der Waals surface area contributed by atoms with Crippen molar-refractivity contribution in [2.75, 3.05) is 63.4 Å². The molecule has 0 unspecified atom stereocenters. The molecular formula is C27H28BrN3O8S. The standard InChI is InChI=1S/C27H28BrN3O8S/c1-3-38-24(33)16-39-25-20(28)12-17(13-21(25)36-2)14-22-26(34)31(27(35)40-22)15-23(32)29-18-4-6-19(7-5-18)30-8-10-37-11-9-30/h4-7,12-14H,3,8-11,15-16H2,1-2H3,(H,29,32)/b22-14-. The second kappa shape index (κ2) is 13.7. The molecule has 0 aliphatic carbocycles. The van der Waals surface area contributed by atoms with E-state index in [0.717, 1.165) is 35.4 Å². The number of nitrogens with one attached hydrogen (secondary N) is 1. The van der Waals surface area contributed by atoms with Crippen LogP contribution in [0.2, 0.25) is 0 Å². The van der Waals surface area contributed by atoms with Crippen LogP contribution >= 0.6 is 27.7 Å². The normalized spacial score (nSPS) is 16.3. The van der Waals surface area contributed by atoms with Crippen molar-refractivity contribution in [1.29, 1.82) is 0 Å². The van der Waals surface area contributed by atoms with Gasteiger partial charge in [0.05, 0.1) is 36.3 Å². The summed E-state index contributed by atoms with van der Waals surface area (Å²) in [5, 5.41) is 2.19. The first kappa shape index (κ1) is 29.4. The Kier molecular flexibility index (Phi) is 10.1. The van der Waals surface area contributed by atoms with Crippen LogP contribution in [0.5, 0.6) is 11.5 Å². The fourth-order valence-electron chi connectivity index (χ4n) is 4.01. The van der Waals surface area contributed by atoms with Crippen molar-refractivity contribution in [3.8, 4) is 11.5 Å². The van der Waals surface area contributed by atoms with Crippen LogP contribution in [-0.4, -0.2) is 81.1 Å². The highest BCUT2D eigenvalue weighted by Gasteiger charge is 2.36. The molecule has 4 rings (SSSR count). The highest BCUT2D eigenvalue weighted by atomic mass is 79.9. The third-order valence-electron chi connectivity index (χ3n) is 5.89. The Morgan fingerprint density at radius 3 is 2.55 bits per heavy atom. The molecule has 2 aliphatic heterocycles. The Bertz CT molecular complexity index is 1310. The molecular weight excluding hydrogens is 606 g/mol. The summed E-state index contributed by atoms with van der Waals surface area (Å²) in [6.07, 6.45) is 1.52. The average Bonchev–Trinajstić information content (AvgIpc) is 3.20. The first-order chi connectivity index (χ1) is 19.3. The van der Waals surface area contributed by atoms with Gasteiger partial charge in [-0.3, -0.25) is 19.3 Å². The van der Waals surface area contributed by atoms with Gasteiger partial charge in [0.15, 0.2) is 18.1 Å². The van der Waals surface area contributed by atoms with Gasteiger partial charge in [0.2, 0.25) is 5.91 Å². The number of carbonyl (C=O) groups is 4. The summed E-state index contributed by atoms with van der Waals surface area (Å²) in [7, 11) is 1.44. The summed E-state index contributed by atoms with van der Waals surface area (Å²) in [5.41, 5.74) is 2.13. The topological polar surface area (TPSA) is 124 Å². The number of halogens is 1. The molecule has 2 aromatic carbocycles. The maximum absolute atomic E-state index is 13.0. The number of esters is 1. The van der Waals surface area contributed by atoms with Gasteiger partial charge in [-0.1, -0.05) is 0 Å². The largest absolute Gasteiger partial charge is 0.493 e. The molecule has 212 valence electrons. The molecule has 3 amide bonds. The number of nitrogens with zero attached hydrogens (tertiary/aromatic N) is 2. The summed E-state index contributed by atoms with van der Waals surface area (Å²) in [5.74, 6) is -0.998. The van der Waals surface area contributed by atoms with Gasteiger partial charge in [-0.2, -0.15) is 0 Å². The number of carbonyl (C=O) groups excluding carboxylic acids is 4. The Hall–Kier alpha value is -3.55. The number of ether oxygens (including phenoxy) is 4. The molecule has 0 radical (unpaired) electrons. The number of rotatable bonds is 10. The quantitative estimate of drug-likeness (QED) is 0.304. The van der Waals surface area contributed by atoms with Gasteiger partial charge in [0.1, 0.15) is 6.54 Å². The molecule has 0 atom stereocenters. The molecule has 2 aliphatic rings. The lowest BCUT2D eigenvalue weighted by Crippen LogP contribution is -2.36. The first-order valence-electron chi connectivity index (χ1n) is 12.4. The number of anilines is 2. The van der Waals surface area contributed by atoms with Crippen molar-refractivity contribution in [2.24, 2.45) is 0 Å². The molecule has 0 aromatic heterocycles. The van der Waals surface area contributed by atoms with E-state index in [1.165, 1.54) is 13.2 Å². The molecule has 40 heavy (non-hydrogen) atoms. The molecule has 2 fully saturated rings. The first-order valence-corrected chi connectivity index (χ1v) is 14.0. The van der Waals surface area contributed by atoms with Crippen molar-refractivity contribution in [2.45, 2.75) is 6.92 Å². The van der Waals surface area contributed by atoms with Crippen LogP contribution in [-0.2, 0) is 23.9 Å². The second-order valence-corrected chi connectivity index (χ2v) is 10.4. The number of morpholine rings is 1. The van der Waals surface area contributed by atoms with E-state index in [-0.39, 0.29) is 23.9 Å². The van der Waals surface area contributed by atoms with Crippen LogP contribution in [0, 0.1) is 0 Å². The van der Waals surface area contributed by atoms with Crippen LogP contribution in [0.25, 0.3) is 6.08 Å². The van der Waals surface area contributed by atoms with Crippen LogP contribution in [0.4, 0.5) is 16.2 Å². The van der Waals surface area contributed by atoms with Gasteiger partial charge >= 0.3 is 5.97 Å². The summed E-state index contributed by atoms with van der Waals surface area (Å²) < 4.78 is 21.6. The minimum absolute atomic E-state index is 0.154. The summed E-state index contributed by atoms with van der Waals surface area (Å²) in [4.78, 5) is 53.1. The highest BCUT2D eigenvalue weighted by molar-refractivity contribution is 9.10. The highest BCUT2D eigenvalue weighted by Crippen LogP contribution is 2.39. The minimum Gasteiger partial charge on any atom is -0.493 e. The van der Waals surface area contributed by atoms with E-state index in [1.807, 2.05) is 12.1 Å². The van der Waals surface area contributed by atoms with Crippen LogP contribution in [0.3, 0.4) is 0 Å². The Labute approximate surface area is 243 Å². The van der Waals surface area contributed by atoms with Crippen LogP contribution in [0.15, 0.2) is 45.8 Å². The predicted octanol–water partition coefficient (Wildman–Crippen LogP) is 3.91. The molecule has 2 saturated heterocycles. The van der Waals surface area contributed by atoms with E-state index in [9.17, 15) is 19.2 Å². The third kappa shape index (κ3) is 7.34. The molecule has 2 aromatic rings. The zero-order chi connectivity index (χ0) is 28.6. The molecule has 0 spiro atoms. The Morgan fingerprint density at radius 2 is 1.88 bits per heavy atom. The number of benzene rings is 2. The van der Waals surface area contributed by atoms with E-state index in [1.54, 1.807) is 31.2 Å². The molecule has 1 N–H and O–H groups in total. The van der Waals surface area contributed by atoms with Gasteiger partial charge in [-0.15, -0.1) is 0 Å². The number of imide groups is 1. The van der Waals surface area contributed by atoms with Gasteiger partial charge in [-0.05, 0) is 82.7 Å². The maximum Gasteiger partial charge on any atom is 0.344 e. The number of hydrogen-bond donors (Lipinski definition) is 1. The van der Waals surface area contributed by atoms with Crippen LogP contribution < -0.4 is 19.7 Å². The van der Waals surface area contributed by atoms with E-state index < -0.39 is 29.6 Å². The monoisotopic (exact) mass is 633 g/mol. The predicted molar refractivity (Wildman–Crippen MR) is 154 cm³/mol. The van der Waals surface area contributed by atoms with Gasteiger partial charge < -0.3 is 29.2 Å². The van der Waals surface area contributed by atoms with Gasteiger partial charge in [0.25, 0.3) is 11.1 Å². The summed E-state index contributed by atoms with van der Waals surface area (Å²) >= 11 is 4.13. The van der Waals surface area contributed by atoms with Crippen LogP contribution in [0.1, 0.15) is 12.5 Å². The fourth-order valence-corrected chi connectivity index (χ4v) is 5.42. The maximum atomic E-state index is 13.0. The zero-order valence-electron chi connectivity index (χ0n) is 21.9. The molecule has 0 bridgehead atoms. The van der Waals surface area contributed by atoms with E-state index >= 15 is 0 Å². The average molecular weight is 635 g/mol. The SMILES string of the molecule is CCOC(=O)COc1c(Br)cc(/C=C2\SC(=O)N(CC(=O)Nc3ccc(N4CCOCC4)cc3)C2=O)cc1OC. The Morgan fingerprint density at radius 1 is 1.15 bits per heavy atom. The lowest BCUT2D eigenvalue weighted by molar-refractivity contribution is -0.145. The van der Waals surface area contributed by atoms with Crippen molar-refractivity contribution in [1.82, 2.24) is 4.90 Å². The summed E-state index contributed by atoms with van der Waals surface area (Å²) in [6, 6.07) is 10.6. The van der Waals surface area contributed by atoms with Crippen molar-refractivity contribution >= 4 is 68.2 Å².